The van der Waals surface area contributed by atoms with Crippen LogP contribution in [0.15, 0.2) is 24.3 Å². The van der Waals surface area contributed by atoms with Crippen molar-refractivity contribution >= 4 is 11.9 Å². The van der Waals surface area contributed by atoms with Gasteiger partial charge >= 0.3 is 5.97 Å². The molecule has 0 aliphatic heterocycles. The van der Waals surface area contributed by atoms with E-state index in [0.29, 0.717) is 19.4 Å². The Kier molecular flexibility index (Phi) is 76.3. The fourth-order valence-electron chi connectivity index (χ4n) is 13.0. The standard InChI is InChI=1S/C82H159NO5/c1-3-5-7-9-11-13-15-17-19-21-23-36-39-42-46-50-54-58-62-66-70-74-80(85)79(78-84)83-81(86)75-71-67-63-59-55-51-47-43-40-37-34-32-30-28-26-24-25-27-29-31-33-35-38-41-45-49-53-57-61-65-69-73-77-88-82(87)76-72-68-64-60-56-52-48-44-22-20-18-16-14-12-10-8-6-4-2/h27,29,70,74,79-80,84-85H,3-26,28,30-69,71-73,75-78H2,1-2H3,(H,83,86)/b29-27-,74-70+. The lowest BCUT2D eigenvalue weighted by Crippen LogP contribution is -2.45. The third-order valence-corrected chi connectivity index (χ3v) is 19.2. The summed E-state index contributed by atoms with van der Waals surface area (Å²) in [5.74, 6) is -0.0370. The summed E-state index contributed by atoms with van der Waals surface area (Å²) in [6, 6.07) is -0.627. The highest BCUT2D eigenvalue weighted by atomic mass is 16.5. The monoisotopic (exact) mass is 1240 g/mol. The molecule has 0 spiro atoms. The molecule has 6 heteroatoms. The van der Waals surface area contributed by atoms with Gasteiger partial charge in [-0.25, -0.2) is 0 Å². The number of unbranched alkanes of at least 4 members (excludes halogenated alkanes) is 64. The number of ether oxygens (including phenoxy) is 1. The average molecular weight is 1240 g/mol. The first-order valence-corrected chi connectivity index (χ1v) is 40.6. The zero-order valence-electron chi connectivity index (χ0n) is 60.0. The molecule has 3 N–H and O–H groups in total. The Balaban J connectivity index is 3.36. The lowest BCUT2D eigenvalue weighted by molar-refractivity contribution is -0.143. The molecule has 0 heterocycles. The van der Waals surface area contributed by atoms with Crippen LogP contribution in [0.5, 0.6) is 0 Å². The largest absolute Gasteiger partial charge is 0.466 e. The van der Waals surface area contributed by atoms with Crippen molar-refractivity contribution in [2.45, 2.75) is 475 Å². The number of nitrogens with one attached hydrogen (secondary N) is 1. The van der Waals surface area contributed by atoms with Crippen LogP contribution in [0, 0.1) is 0 Å². The highest BCUT2D eigenvalue weighted by molar-refractivity contribution is 5.76. The third kappa shape index (κ3) is 73.4. The third-order valence-electron chi connectivity index (χ3n) is 19.2. The van der Waals surface area contributed by atoms with E-state index in [-0.39, 0.29) is 18.5 Å². The van der Waals surface area contributed by atoms with Crippen LogP contribution in [0.1, 0.15) is 463 Å². The Morgan fingerprint density at radius 2 is 0.534 bits per heavy atom. The van der Waals surface area contributed by atoms with E-state index < -0.39 is 12.1 Å². The summed E-state index contributed by atoms with van der Waals surface area (Å²) in [6.45, 7) is 4.97. The highest BCUT2D eigenvalue weighted by Crippen LogP contribution is 2.20. The fraction of sp³-hybridized carbons (Fsp3) is 0.927. The molecular formula is C82H159NO5. The summed E-state index contributed by atoms with van der Waals surface area (Å²) < 4.78 is 5.52. The van der Waals surface area contributed by atoms with E-state index in [1.54, 1.807) is 6.08 Å². The minimum absolute atomic E-state index is 0.0235. The molecule has 522 valence electrons. The van der Waals surface area contributed by atoms with Gasteiger partial charge in [0.15, 0.2) is 0 Å². The zero-order valence-corrected chi connectivity index (χ0v) is 60.0. The quantitative estimate of drug-likeness (QED) is 0.0320. The number of allylic oxidation sites excluding steroid dienone is 3. The van der Waals surface area contributed by atoms with Crippen LogP contribution in [0.25, 0.3) is 0 Å². The molecule has 0 aliphatic carbocycles. The van der Waals surface area contributed by atoms with E-state index >= 15 is 0 Å². The van der Waals surface area contributed by atoms with E-state index in [2.05, 4.69) is 31.3 Å². The number of aliphatic hydroxyl groups is 2. The minimum atomic E-state index is -0.844. The van der Waals surface area contributed by atoms with Crippen LogP contribution in [0.2, 0.25) is 0 Å². The predicted molar refractivity (Wildman–Crippen MR) is 389 cm³/mol. The lowest BCUT2D eigenvalue weighted by Gasteiger charge is -2.20. The Morgan fingerprint density at radius 3 is 0.807 bits per heavy atom. The van der Waals surface area contributed by atoms with Gasteiger partial charge in [0.05, 0.1) is 25.4 Å². The van der Waals surface area contributed by atoms with Crippen molar-refractivity contribution in [3.8, 4) is 0 Å². The highest BCUT2D eigenvalue weighted by Gasteiger charge is 2.18. The van der Waals surface area contributed by atoms with Gasteiger partial charge in [-0.2, -0.15) is 0 Å². The average Bonchev–Trinajstić information content (AvgIpc) is 3.58. The van der Waals surface area contributed by atoms with Gasteiger partial charge in [-0.05, 0) is 57.8 Å². The Bertz CT molecular complexity index is 1380. The van der Waals surface area contributed by atoms with Gasteiger partial charge in [-0.1, -0.05) is 417 Å². The van der Waals surface area contributed by atoms with Gasteiger partial charge < -0.3 is 20.3 Å². The lowest BCUT2D eigenvalue weighted by atomic mass is 10.0. The molecule has 6 nitrogen and oxygen atoms in total. The molecule has 0 aromatic heterocycles. The SMILES string of the molecule is CCCCCCCCCCCCCCCCCCCCC/C=C/C(O)C(CO)NC(=O)CCCCCCCCCCCCCCCCCC/C=C\CCCCCCCCCCCCCCOC(=O)CCCCCCCCCCCCCCCCCCCC. The maximum atomic E-state index is 12.5. The number of amides is 1. The van der Waals surface area contributed by atoms with Gasteiger partial charge in [0.2, 0.25) is 5.91 Å². The molecule has 0 saturated heterocycles. The van der Waals surface area contributed by atoms with E-state index in [9.17, 15) is 19.8 Å². The minimum Gasteiger partial charge on any atom is -0.466 e. The van der Waals surface area contributed by atoms with Crippen molar-refractivity contribution in [1.82, 2.24) is 5.32 Å². The van der Waals surface area contributed by atoms with E-state index in [1.165, 1.54) is 398 Å². The molecule has 0 fully saturated rings. The molecule has 0 saturated carbocycles. The van der Waals surface area contributed by atoms with Crippen LogP contribution in [-0.4, -0.2) is 47.4 Å². The van der Waals surface area contributed by atoms with Crippen molar-refractivity contribution in [3.05, 3.63) is 24.3 Å². The molecule has 0 radical (unpaired) electrons. The van der Waals surface area contributed by atoms with Gasteiger partial charge in [0.1, 0.15) is 0 Å². The summed E-state index contributed by atoms with van der Waals surface area (Å²) in [6.07, 6.45) is 100. The number of carbonyl (C=O) groups excluding carboxylic acids is 2. The molecule has 88 heavy (non-hydrogen) atoms. The molecule has 0 aromatic carbocycles. The predicted octanol–water partition coefficient (Wildman–Crippen LogP) is 26.8. The van der Waals surface area contributed by atoms with E-state index in [0.717, 1.165) is 38.5 Å². The van der Waals surface area contributed by atoms with Crippen LogP contribution in [0.3, 0.4) is 0 Å². The van der Waals surface area contributed by atoms with Crippen LogP contribution in [0.4, 0.5) is 0 Å². The summed E-state index contributed by atoms with van der Waals surface area (Å²) in [7, 11) is 0. The smallest absolute Gasteiger partial charge is 0.305 e. The summed E-state index contributed by atoms with van der Waals surface area (Å²) in [4.78, 5) is 24.7. The number of hydrogen-bond donors (Lipinski definition) is 3. The molecule has 2 atom stereocenters. The zero-order chi connectivity index (χ0) is 63.5. The second-order valence-electron chi connectivity index (χ2n) is 28.1. The van der Waals surface area contributed by atoms with Crippen molar-refractivity contribution in [1.29, 1.82) is 0 Å². The first-order chi connectivity index (χ1) is 43.5. The topological polar surface area (TPSA) is 95.9 Å². The van der Waals surface area contributed by atoms with Crippen molar-refractivity contribution in [3.63, 3.8) is 0 Å². The van der Waals surface area contributed by atoms with Crippen LogP contribution < -0.4 is 5.32 Å². The van der Waals surface area contributed by atoms with Crippen molar-refractivity contribution in [2.24, 2.45) is 0 Å². The summed E-state index contributed by atoms with van der Waals surface area (Å²) >= 11 is 0. The summed E-state index contributed by atoms with van der Waals surface area (Å²) in [5.41, 5.74) is 0. The molecule has 1 amide bonds. The van der Waals surface area contributed by atoms with Gasteiger partial charge in [-0.3, -0.25) is 9.59 Å². The molecule has 0 bridgehead atoms. The molecular weight excluding hydrogens is 1080 g/mol. The number of carbonyl (C=O) groups is 2. The number of rotatable bonds is 77. The Labute approximate surface area is 551 Å². The number of hydrogen-bond acceptors (Lipinski definition) is 5. The maximum Gasteiger partial charge on any atom is 0.305 e. The molecule has 0 aliphatic rings. The Hall–Kier alpha value is -1.66. The van der Waals surface area contributed by atoms with Crippen LogP contribution in [-0.2, 0) is 14.3 Å². The van der Waals surface area contributed by atoms with Crippen molar-refractivity contribution < 1.29 is 24.5 Å². The van der Waals surface area contributed by atoms with Crippen molar-refractivity contribution in [2.75, 3.05) is 13.2 Å². The van der Waals surface area contributed by atoms with E-state index in [1.807, 2.05) is 6.08 Å². The van der Waals surface area contributed by atoms with Gasteiger partial charge in [0.25, 0.3) is 0 Å². The first-order valence-electron chi connectivity index (χ1n) is 40.6. The second kappa shape index (κ2) is 77.8. The number of aliphatic hydroxyl groups excluding tert-OH is 2. The van der Waals surface area contributed by atoms with Crippen LogP contribution >= 0.6 is 0 Å². The summed E-state index contributed by atoms with van der Waals surface area (Å²) in [5, 5.41) is 23.3. The maximum absolute atomic E-state index is 12.5. The fourth-order valence-corrected chi connectivity index (χ4v) is 13.0. The molecule has 2 unspecified atom stereocenters. The van der Waals surface area contributed by atoms with Gasteiger partial charge in [0, 0.05) is 12.8 Å². The second-order valence-corrected chi connectivity index (χ2v) is 28.1. The van der Waals surface area contributed by atoms with E-state index in [4.69, 9.17) is 4.74 Å². The first kappa shape index (κ1) is 86.3. The molecule has 0 rings (SSSR count). The normalized spacial score (nSPS) is 12.5. The Morgan fingerprint density at radius 1 is 0.307 bits per heavy atom. The van der Waals surface area contributed by atoms with Gasteiger partial charge in [-0.15, -0.1) is 0 Å². The molecule has 0 aromatic rings. The number of esters is 1.